The molecule has 4 heteroatoms. The van der Waals surface area contributed by atoms with Crippen LogP contribution in [0.3, 0.4) is 0 Å². The quantitative estimate of drug-likeness (QED) is 0.868. The molecule has 0 saturated carbocycles. The average Bonchev–Trinajstić information content (AvgIpc) is 2.77. The van der Waals surface area contributed by atoms with E-state index in [1.165, 1.54) is 0 Å². The molecule has 0 spiro atoms. The van der Waals surface area contributed by atoms with Gasteiger partial charge in [-0.1, -0.05) is 18.2 Å². The Hall–Kier alpha value is -1.41. The molecule has 2 rings (SSSR count). The Kier molecular flexibility index (Phi) is 4.32. The van der Waals surface area contributed by atoms with Gasteiger partial charge in [0.1, 0.15) is 0 Å². The fourth-order valence-electron chi connectivity index (χ4n) is 2.63. The lowest BCUT2D eigenvalue weighted by Crippen LogP contribution is -2.34. The van der Waals surface area contributed by atoms with Crippen molar-refractivity contribution in [2.24, 2.45) is 5.73 Å². The van der Waals surface area contributed by atoms with Gasteiger partial charge in [-0.25, -0.2) is 0 Å². The van der Waals surface area contributed by atoms with E-state index in [0.717, 1.165) is 30.6 Å². The topological polar surface area (TPSA) is 62.3 Å². The monoisotopic (exact) mass is 245 g/mol. The summed E-state index contributed by atoms with van der Waals surface area (Å²) in [5.74, 6) is 0. The Labute approximate surface area is 108 Å². The first-order valence-electron chi connectivity index (χ1n) is 6.25. The van der Waals surface area contributed by atoms with Crippen molar-refractivity contribution in [3.05, 3.63) is 35.4 Å². The first-order valence-corrected chi connectivity index (χ1v) is 6.25. The summed E-state index contributed by atoms with van der Waals surface area (Å²) in [4.78, 5) is 2.31. The summed E-state index contributed by atoms with van der Waals surface area (Å²) in [6, 6.07) is 10.2. The van der Waals surface area contributed by atoms with Crippen LogP contribution in [0.15, 0.2) is 24.3 Å². The molecule has 1 aliphatic rings. The third kappa shape index (κ3) is 2.54. The molecule has 1 fully saturated rings. The van der Waals surface area contributed by atoms with E-state index >= 15 is 0 Å². The lowest BCUT2D eigenvalue weighted by atomic mass is 9.96. The van der Waals surface area contributed by atoms with Crippen LogP contribution < -0.4 is 5.73 Å². The third-order valence-electron chi connectivity index (χ3n) is 3.53. The molecule has 1 aromatic carbocycles. The maximum Gasteiger partial charge on any atom is 0.0995 e. The third-order valence-corrected chi connectivity index (χ3v) is 3.53. The molecule has 2 unspecified atom stereocenters. The SMILES string of the molecule is COCCN1CCC(N)C1c1ccccc1C#N. The van der Waals surface area contributed by atoms with Gasteiger partial charge in [-0.2, -0.15) is 5.26 Å². The number of rotatable bonds is 4. The van der Waals surface area contributed by atoms with Gasteiger partial charge in [-0.15, -0.1) is 0 Å². The van der Waals surface area contributed by atoms with E-state index in [2.05, 4.69) is 11.0 Å². The first-order chi connectivity index (χ1) is 8.77. The van der Waals surface area contributed by atoms with Crippen LogP contribution in [0.5, 0.6) is 0 Å². The van der Waals surface area contributed by atoms with Crippen molar-refractivity contribution in [3.63, 3.8) is 0 Å². The van der Waals surface area contributed by atoms with Crippen LogP contribution >= 0.6 is 0 Å². The van der Waals surface area contributed by atoms with E-state index in [1.807, 2.05) is 24.3 Å². The summed E-state index contributed by atoms with van der Waals surface area (Å²) in [5, 5.41) is 9.19. The number of benzene rings is 1. The van der Waals surface area contributed by atoms with E-state index in [9.17, 15) is 5.26 Å². The van der Waals surface area contributed by atoms with Gasteiger partial charge in [0.15, 0.2) is 0 Å². The van der Waals surface area contributed by atoms with Crippen LogP contribution in [0, 0.1) is 11.3 Å². The number of nitrogens with zero attached hydrogens (tertiary/aromatic N) is 2. The standard InChI is InChI=1S/C14H19N3O/c1-18-9-8-17-7-6-13(16)14(17)12-5-3-2-4-11(12)10-15/h2-5,13-14H,6-9,16H2,1H3. The zero-order chi connectivity index (χ0) is 13.0. The Bertz CT molecular complexity index is 441. The Balaban J connectivity index is 2.25. The number of ether oxygens (including phenoxy) is 1. The van der Waals surface area contributed by atoms with Gasteiger partial charge in [0.05, 0.1) is 24.3 Å². The van der Waals surface area contributed by atoms with Crippen molar-refractivity contribution in [1.82, 2.24) is 4.90 Å². The minimum atomic E-state index is 0.0938. The smallest absolute Gasteiger partial charge is 0.0995 e. The number of likely N-dealkylation sites (tertiary alicyclic amines) is 1. The van der Waals surface area contributed by atoms with Gasteiger partial charge < -0.3 is 10.5 Å². The summed E-state index contributed by atoms with van der Waals surface area (Å²) in [6.07, 6.45) is 0.966. The number of hydrogen-bond acceptors (Lipinski definition) is 4. The average molecular weight is 245 g/mol. The van der Waals surface area contributed by atoms with Gasteiger partial charge in [-0.3, -0.25) is 4.90 Å². The molecule has 1 aliphatic heterocycles. The second-order valence-electron chi connectivity index (χ2n) is 4.63. The number of nitrogens with two attached hydrogens (primary N) is 1. The molecule has 96 valence electrons. The van der Waals surface area contributed by atoms with Gasteiger partial charge >= 0.3 is 0 Å². The largest absolute Gasteiger partial charge is 0.383 e. The molecule has 0 radical (unpaired) electrons. The van der Waals surface area contributed by atoms with Gasteiger partial charge in [0.25, 0.3) is 0 Å². The highest BCUT2D eigenvalue weighted by atomic mass is 16.5. The van der Waals surface area contributed by atoms with Crippen molar-refractivity contribution in [3.8, 4) is 6.07 Å². The molecule has 1 heterocycles. The van der Waals surface area contributed by atoms with Crippen molar-refractivity contribution in [2.75, 3.05) is 26.8 Å². The summed E-state index contributed by atoms with van der Waals surface area (Å²) < 4.78 is 5.13. The number of nitriles is 1. The van der Waals surface area contributed by atoms with Crippen molar-refractivity contribution in [2.45, 2.75) is 18.5 Å². The molecule has 4 nitrogen and oxygen atoms in total. The normalized spacial score (nSPS) is 24.1. The van der Waals surface area contributed by atoms with Crippen molar-refractivity contribution >= 4 is 0 Å². The first kappa shape index (κ1) is 13.0. The summed E-state index contributed by atoms with van der Waals surface area (Å²) >= 11 is 0. The van der Waals surface area contributed by atoms with Crippen LogP contribution in [-0.4, -0.2) is 37.7 Å². The molecule has 0 amide bonds. The Morgan fingerprint density at radius 1 is 1.50 bits per heavy atom. The molecule has 1 aromatic rings. The molecule has 2 atom stereocenters. The highest BCUT2D eigenvalue weighted by molar-refractivity contribution is 5.40. The predicted molar refractivity (Wildman–Crippen MR) is 69.9 cm³/mol. The minimum Gasteiger partial charge on any atom is -0.383 e. The lowest BCUT2D eigenvalue weighted by molar-refractivity contribution is 0.139. The van der Waals surface area contributed by atoms with Crippen LogP contribution in [0.1, 0.15) is 23.6 Å². The van der Waals surface area contributed by atoms with Gasteiger partial charge in [0.2, 0.25) is 0 Å². The van der Waals surface area contributed by atoms with Crippen molar-refractivity contribution < 1.29 is 4.74 Å². The van der Waals surface area contributed by atoms with Crippen LogP contribution in [0.25, 0.3) is 0 Å². The van der Waals surface area contributed by atoms with E-state index < -0.39 is 0 Å². The molecule has 0 bridgehead atoms. The molecule has 18 heavy (non-hydrogen) atoms. The molecule has 0 aromatic heterocycles. The van der Waals surface area contributed by atoms with E-state index in [0.29, 0.717) is 6.61 Å². The second kappa shape index (κ2) is 5.96. The minimum absolute atomic E-state index is 0.0938. The highest BCUT2D eigenvalue weighted by Gasteiger charge is 2.33. The van der Waals surface area contributed by atoms with Crippen LogP contribution in [-0.2, 0) is 4.74 Å². The molecule has 0 aliphatic carbocycles. The molecule has 1 saturated heterocycles. The Morgan fingerprint density at radius 3 is 3.00 bits per heavy atom. The fraction of sp³-hybridized carbons (Fsp3) is 0.500. The van der Waals surface area contributed by atoms with Gasteiger partial charge in [-0.05, 0) is 18.1 Å². The van der Waals surface area contributed by atoms with Crippen LogP contribution in [0.2, 0.25) is 0 Å². The summed E-state index contributed by atoms with van der Waals surface area (Å²) in [6.45, 7) is 2.52. The van der Waals surface area contributed by atoms with E-state index in [1.54, 1.807) is 7.11 Å². The summed E-state index contributed by atoms with van der Waals surface area (Å²) in [5.41, 5.74) is 7.97. The predicted octanol–water partition coefficient (Wildman–Crippen LogP) is 1.28. The fourth-order valence-corrected chi connectivity index (χ4v) is 2.63. The number of methoxy groups -OCH3 is 1. The van der Waals surface area contributed by atoms with Crippen LogP contribution in [0.4, 0.5) is 0 Å². The highest BCUT2D eigenvalue weighted by Crippen LogP contribution is 2.32. The maximum atomic E-state index is 9.19. The molecular weight excluding hydrogens is 226 g/mol. The van der Waals surface area contributed by atoms with Gasteiger partial charge in [0, 0.05) is 26.2 Å². The molecule has 2 N–H and O–H groups in total. The summed E-state index contributed by atoms with van der Waals surface area (Å²) in [7, 11) is 1.70. The zero-order valence-electron chi connectivity index (χ0n) is 10.7. The molecular formula is C14H19N3O. The van der Waals surface area contributed by atoms with Crippen molar-refractivity contribution in [1.29, 1.82) is 5.26 Å². The maximum absolute atomic E-state index is 9.19. The zero-order valence-corrected chi connectivity index (χ0v) is 10.7. The Morgan fingerprint density at radius 2 is 2.28 bits per heavy atom. The second-order valence-corrected chi connectivity index (χ2v) is 4.63. The number of hydrogen-bond donors (Lipinski definition) is 1. The van der Waals surface area contributed by atoms with E-state index in [4.69, 9.17) is 10.5 Å². The lowest BCUT2D eigenvalue weighted by Gasteiger charge is -2.27. The van der Waals surface area contributed by atoms with E-state index in [-0.39, 0.29) is 12.1 Å².